The van der Waals surface area contributed by atoms with Gasteiger partial charge in [0, 0.05) is 6.54 Å². The third-order valence-corrected chi connectivity index (χ3v) is 2.46. The van der Waals surface area contributed by atoms with Gasteiger partial charge in [-0.05, 0) is 47.1 Å². The zero-order chi connectivity index (χ0) is 11.5. The molecule has 1 amide bonds. The van der Waals surface area contributed by atoms with Crippen molar-refractivity contribution in [1.29, 1.82) is 0 Å². The van der Waals surface area contributed by atoms with E-state index in [2.05, 4.69) is 5.32 Å². The maximum absolute atomic E-state index is 11.8. The maximum atomic E-state index is 11.8. The quantitative estimate of drug-likeness (QED) is 0.725. The molecular formula is C11H22N2O2. The van der Waals surface area contributed by atoms with Crippen LogP contribution in [-0.2, 0) is 4.74 Å². The van der Waals surface area contributed by atoms with Crippen LogP contribution < -0.4 is 5.32 Å². The highest BCUT2D eigenvalue weighted by Gasteiger charge is 2.29. The summed E-state index contributed by atoms with van der Waals surface area (Å²) in [6.45, 7) is 6.47. The van der Waals surface area contributed by atoms with Crippen LogP contribution in [0.15, 0.2) is 0 Å². The molecule has 1 rings (SSSR count). The number of carbonyl (C=O) groups is 1. The van der Waals surface area contributed by atoms with Gasteiger partial charge in [0.05, 0.1) is 6.17 Å². The van der Waals surface area contributed by atoms with Crippen LogP contribution in [0.2, 0.25) is 0 Å². The minimum Gasteiger partial charge on any atom is -0.444 e. The summed E-state index contributed by atoms with van der Waals surface area (Å²) in [7, 11) is 1.88. The summed E-state index contributed by atoms with van der Waals surface area (Å²) >= 11 is 0. The SMILES string of the molecule is CNC1CCCCN1C(=O)OC(C)(C)C. The Balaban J connectivity index is 2.56. The van der Waals surface area contributed by atoms with Crippen LogP contribution in [0, 0.1) is 0 Å². The number of ether oxygens (including phenoxy) is 1. The smallest absolute Gasteiger partial charge is 0.411 e. The van der Waals surface area contributed by atoms with E-state index >= 15 is 0 Å². The van der Waals surface area contributed by atoms with Gasteiger partial charge in [-0.2, -0.15) is 0 Å². The number of carbonyl (C=O) groups excluding carboxylic acids is 1. The summed E-state index contributed by atoms with van der Waals surface area (Å²) in [6, 6.07) is 0. The molecule has 0 aliphatic carbocycles. The van der Waals surface area contributed by atoms with Crippen molar-refractivity contribution in [3.05, 3.63) is 0 Å². The van der Waals surface area contributed by atoms with Crippen molar-refractivity contribution in [2.45, 2.75) is 51.8 Å². The van der Waals surface area contributed by atoms with Crippen molar-refractivity contribution in [3.8, 4) is 0 Å². The molecule has 88 valence electrons. The van der Waals surface area contributed by atoms with E-state index in [0.717, 1.165) is 19.4 Å². The molecule has 0 aromatic rings. The number of rotatable bonds is 1. The summed E-state index contributed by atoms with van der Waals surface area (Å²) in [5.74, 6) is 0. The number of nitrogens with one attached hydrogen (secondary N) is 1. The van der Waals surface area contributed by atoms with Gasteiger partial charge in [-0.3, -0.25) is 4.90 Å². The number of hydrogen-bond acceptors (Lipinski definition) is 3. The highest BCUT2D eigenvalue weighted by atomic mass is 16.6. The van der Waals surface area contributed by atoms with Gasteiger partial charge in [0.2, 0.25) is 0 Å². The minimum absolute atomic E-state index is 0.133. The lowest BCUT2D eigenvalue weighted by molar-refractivity contribution is 0.00648. The Morgan fingerprint density at radius 2 is 2.07 bits per heavy atom. The van der Waals surface area contributed by atoms with E-state index in [4.69, 9.17) is 4.74 Å². The zero-order valence-electron chi connectivity index (χ0n) is 10.2. The van der Waals surface area contributed by atoms with Crippen LogP contribution in [0.3, 0.4) is 0 Å². The molecule has 0 aromatic heterocycles. The summed E-state index contributed by atoms with van der Waals surface area (Å²) in [5.41, 5.74) is -0.410. The Kier molecular flexibility index (Phi) is 3.97. The monoisotopic (exact) mass is 214 g/mol. The molecule has 1 atom stereocenters. The second-order valence-corrected chi connectivity index (χ2v) is 4.97. The number of likely N-dealkylation sites (tertiary alicyclic amines) is 1. The Bertz CT molecular complexity index is 223. The largest absolute Gasteiger partial charge is 0.444 e. The van der Waals surface area contributed by atoms with E-state index in [9.17, 15) is 4.79 Å². The van der Waals surface area contributed by atoms with E-state index in [0.29, 0.717) is 0 Å². The summed E-state index contributed by atoms with van der Waals surface area (Å²) in [6.07, 6.45) is 3.17. The van der Waals surface area contributed by atoms with E-state index in [1.54, 1.807) is 4.90 Å². The van der Waals surface area contributed by atoms with Crippen molar-refractivity contribution < 1.29 is 9.53 Å². The van der Waals surface area contributed by atoms with Crippen LogP contribution >= 0.6 is 0 Å². The summed E-state index contributed by atoms with van der Waals surface area (Å²) in [4.78, 5) is 13.6. The third kappa shape index (κ3) is 3.70. The van der Waals surface area contributed by atoms with Crippen LogP contribution in [0.5, 0.6) is 0 Å². The zero-order valence-corrected chi connectivity index (χ0v) is 10.2. The topological polar surface area (TPSA) is 41.6 Å². The fourth-order valence-corrected chi connectivity index (χ4v) is 1.77. The molecule has 1 aliphatic heterocycles. The molecule has 15 heavy (non-hydrogen) atoms. The molecule has 1 fully saturated rings. The molecule has 4 nitrogen and oxygen atoms in total. The third-order valence-electron chi connectivity index (χ3n) is 2.46. The van der Waals surface area contributed by atoms with Gasteiger partial charge >= 0.3 is 6.09 Å². The van der Waals surface area contributed by atoms with Crippen LogP contribution in [0.1, 0.15) is 40.0 Å². The number of amides is 1. The molecule has 1 heterocycles. The van der Waals surface area contributed by atoms with Crippen molar-refractivity contribution in [2.24, 2.45) is 0 Å². The summed E-state index contributed by atoms with van der Waals surface area (Å²) < 4.78 is 5.36. The Hall–Kier alpha value is -0.770. The molecule has 0 radical (unpaired) electrons. The summed E-state index contributed by atoms with van der Waals surface area (Å²) in [5, 5.41) is 3.15. The normalized spacial score (nSPS) is 22.7. The lowest BCUT2D eigenvalue weighted by atomic mass is 10.1. The molecule has 0 saturated carbocycles. The average molecular weight is 214 g/mol. The number of piperidine rings is 1. The molecule has 1 N–H and O–H groups in total. The molecule has 4 heteroatoms. The van der Waals surface area contributed by atoms with Crippen LogP contribution in [-0.4, -0.2) is 36.4 Å². The van der Waals surface area contributed by atoms with Gasteiger partial charge in [-0.15, -0.1) is 0 Å². The van der Waals surface area contributed by atoms with E-state index < -0.39 is 5.60 Å². The standard InChI is InChI=1S/C11H22N2O2/c1-11(2,3)15-10(14)13-8-6-5-7-9(13)12-4/h9,12H,5-8H2,1-4H3. The van der Waals surface area contributed by atoms with Crippen molar-refractivity contribution in [3.63, 3.8) is 0 Å². The fraction of sp³-hybridized carbons (Fsp3) is 0.909. The second-order valence-electron chi connectivity index (χ2n) is 4.97. The van der Waals surface area contributed by atoms with Gasteiger partial charge in [0.1, 0.15) is 5.60 Å². The molecule has 0 aromatic carbocycles. The van der Waals surface area contributed by atoms with Gasteiger partial charge in [-0.1, -0.05) is 0 Å². The highest BCUT2D eigenvalue weighted by molar-refractivity contribution is 5.68. The van der Waals surface area contributed by atoms with Gasteiger partial charge in [0.25, 0.3) is 0 Å². The Morgan fingerprint density at radius 1 is 1.40 bits per heavy atom. The average Bonchev–Trinajstić information content (AvgIpc) is 2.15. The van der Waals surface area contributed by atoms with Crippen molar-refractivity contribution in [1.82, 2.24) is 10.2 Å². The van der Waals surface area contributed by atoms with Crippen LogP contribution in [0.25, 0.3) is 0 Å². The highest BCUT2D eigenvalue weighted by Crippen LogP contribution is 2.18. The Morgan fingerprint density at radius 3 is 2.60 bits per heavy atom. The fourth-order valence-electron chi connectivity index (χ4n) is 1.77. The predicted octanol–water partition coefficient (Wildman–Crippen LogP) is 1.95. The molecule has 0 spiro atoms. The van der Waals surface area contributed by atoms with E-state index in [-0.39, 0.29) is 12.3 Å². The lowest BCUT2D eigenvalue weighted by Crippen LogP contribution is -2.51. The first kappa shape index (κ1) is 12.3. The number of hydrogen-bond donors (Lipinski definition) is 1. The molecule has 1 unspecified atom stereocenters. The predicted molar refractivity (Wildman–Crippen MR) is 59.6 cm³/mol. The lowest BCUT2D eigenvalue weighted by Gasteiger charge is -2.36. The molecule has 0 bridgehead atoms. The molecule has 1 aliphatic rings. The van der Waals surface area contributed by atoms with E-state index in [1.165, 1.54) is 6.42 Å². The maximum Gasteiger partial charge on any atom is 0.411 e. The van der Waals surface area contributed by atoms with Gasteiger partial charge < -0.3 is 10.1 Å². The Labute approximate surface area is 92.0 Å². The van der Waals surface area contributed by atoms with Crippen LogP contribution in [0.4, 0.5) is 4.79 Å². The first-order chi connectivity index (χ1) is 6.94. The second kappa shape index (κ2) is 4.84. The molecule has 1 saturated heterocycles. The van der Waals surface area contributed by atoms with Gasteiger partial charge in [-0.25, -0.2) is 4.79 Å². The first-order valence-electron chi connectivity index (χ1n) is 5.61. The minimum atomic E-state index is -0.410. The van der Waals surface area contributed by atoms with Crippen molar-refractivity contribution in [2.75, 3.05) is 13.6 Å². The first-order valence-corrected chi connectivity index (χ1v) is 5.61. The van der Waals surface area contributed by atoms with E-state index in [1.807, 2.05) is 27.8 Å². The van der Waals surface area contributed by atoms with Gasteiger partial charge in [0.15, 0.2) is 0 Å². The molecular weight excluding hydrogens is 192 g/mol. The van der Waals surface area contributed by atoms with Crippen molar-refractivity contribution >= 4 is 6.09 Å². The number of nitrogens with zero attached hydrogens (tertiary/aromatic N) is 1.